The van der Waals surface area contributed by atoms with Crippen LogP contribution < -0.4 is 0 Å². The first-order valence-corrected chi connectivity index (χ1v) is 9.24. The number of fused-ring (bicyclic) bond motifs is 1. The summed E-state index contributed by atoms with van der Waals surface area (Å²) in [6.45, 7) is 2.76. The molecule has 1 heterocycles. The van der Waals surface area contributed by atoms with Crippen molar-refractivity contribution in [1.29, 1.82) is 5.41 Å². The molecule has 5 nitrogen and oxygen atoms in total. The Morgan fingerprint density at radius 1 is 1.36 bits per heavy atom. The highest BCUT2D eigenvalue weighted by Crippen LogP contribution is 2.38. The SMILES string of the molecule is CCCC(=N)CC1CCCCN1C(=O)C1CC(=O)c2ccc(O)cc21. The van der Waals surface area contributed by atoms with E-state index in [2.05, 4.69) is 6.92 Å². The molecule has 0 radical (unpaired) electrons. The Kier molecular flexibility index (Phi) is 5.21. The molecule has 1 amide bonds. The third kappa shape index (κ3) is 3.60. The topological polar surface area (TPSA) is 81.5 Å². The molecule has 1 saturated heterocycles. The average Bonchev–Trinajstić information content (AvgIpc) is 2.91. The highest BCUT2D eigenvalue weighted by Gasteiger charge is 2.39. The maximum absolute atomic E-state index is 13.2. The monoisotopic (exact) mass is 342 g/mol. The van der Waals surface area contributed by atoms with Crippen LogP contribution >= 0.6 is 0 Å². The molecule has 1 fully saturated rings. The van der Waals surface area contributed by atoms with Crippen LogP contribution in [-0.2, 0) is 4.79 Å². The molecule has 2 N–H and O–H groups in total. The molecular weight excluding hydrogens is 316 g/mol. The van der Waals surface area contributed by atoms with Crippen molar-refractivity contribution in [2.75, 3.05) is 6.54 Å². The van der Waals surface area contributed by atoms with Gasteiger partial charge in [-0.2, -0.15) is 0 Å². The number of rotatable bonds is 5. The van der Waals surface area contributed by atoms with Crippen molar-refractivity contribution in [1.82, 2.24) is 4.90 Å². The summed E-state index contributed by atoms with van der Waals surface area (Å²) in [6, 6.07) is 4.74. The zero-order valence-corrected chi connectivity index (χ0v) is 14.8. The van der Waals surface area contributed by atoms with Gasteiger partial charge in [-0.3, -0.25) is 9.59 Å². The Bertz CT molecular complexity index is 698. The fourth-order valence-corrected chi connectivity index (χ4v) is 4.11. The number of likely N-dealkylation sites (tertiary alicyclic amines) is 1. The molecule has 0 saturated carbocycles. The number of carbonyl (C=O) groups is 2. The van der Waals surface area contributed by atoms with E-state index >= 15 is 0 Å². The van der Waals surface area contributed by atoms with Crippen molar-refractivity contribution in [2.24, 2.45) is 0 Å². The number of ketones is 1. The van der Waals surface area contributed by atoms with Crippen molar-refractivity contribution in [2.45, 2.75) is 63.8 Å². The number of carbonyl (C=O) groups excluding carboxylic acids is 2. The summed E-state index contributed by atoms with van der Waals surface area (Å²) in [5, 5.41) is 17.9. The van der Waals surface area contributed by atoms with E-state index in [1.165, 1.54) is 6.07 Å². The average molecular weight is 342 g/mol. The highest BCUT2D eigenvalue weighted by atomic mass is 16.3. The molecule has 2 unspecified atom stereocenters. The van der Waals surface area contributed by atoms with Gasteiger partial charge >= 0.3 is 0 Å². The molecule has 1 aromatic carbocycles. The molecule has 2 aliphatic rings. The second kappa shape index (κ2) is 7.38. The molecule has 1 aromatic rings. The van der Waals surface area contributed by atoms with Crippen molar-refractivity contribution in [3.63, 3.8) is 0 Å². The van der Waals surface area contributed by atoms with E-state index in [-0.39, 0.29) is 29.9 Å². The lowest BCUT2D eigenvalue weighted by atomic mass is 9.92. The van der Waals surface area contributed by atoms with Gasteiger partial charge in [0.15, 0.2) is 5.78 Å². The number of nitrogens with zero attached hydrogens (tertiary/aromatic N) is 1. The molecule has 5 heteroatoms. The molecular formula is C20H26N2O3. The number of amides is 1. The molecule has 1 aliphatic heterocycles. The summed E-state index contributed by atoms with van der Waals surface area (Å²) in [4.78, 5) is 27.3. The second-order valence-electron chi connectivity index (χ2n) is 7.19. The number of piperidine rings is 1. The van der Waals surface area contributed by atoms with E-state index in [4.69, 9.17) is 5.41 Å². The number of phenolic OH excluding ortho intramolecular Hbond substituents is 1. The molecule has 0 spiro atoms. The van der Waals surface area contributed by atoms with Gasteiger partial charge in [0.2, 0.25) is 5.91 Å². The first-order valence-electron chi connectivity index (χ1n) is 9.24. The third-order valence-electron chi connectivity index (χ3n) is 5.34. The fraction of sp³-hybridized carbons (Fsp3) is 0.550. The van der Waals surface area contributed by atoms with Crippen molar-refractivity contribution in [3.05, 3.63) is 29.3 Å². The number of aromatic hydroxyl groups is 1. The predicted molar refractivity (Wildman–Crippen MR) is 96.4 cm³/mol. The van der Waals surface area contributed by atoms with E-state index in [9.17, 15) is 14.7 Å². The van der Waals surface area contributed by atoms with Crippen LogP contribution in [0.2, 0.25) is 0 Å². The Balaban J connectivity index is 1.81. The maximum Gasteiger partial charge on any atom is 0.230 e. The van der Waals surface area contributed by atoms with Crippen molar-refractivity contribution >= 4 is 17.4 Å². The lowest BCUT2D eigenvalue weighted by Gasteiger charge is -2.37. The number of Topliss-reactive ketones (excluding diaryl/α,β-unsaturated/α-hetero) is 1. The first kappa shape index (κ1) is 17.6. The summed E-state index contributed by atoms with van der Waals surface area (Å²) in [5.74, 6) is -0.450. The van der Waals surface area contributed by atoms with Crippen LogP contribution in [0.25, 0.3) is 0 Å². The quantitative estimate of drug-likeness (QED) is 0.801. The summed E-state index contributed by atoms with van der Waals surface area (Å²) < 4.78 is 0. The van der Waals surface area contributed by atoms with Crippen molar-refractivity contribution < 1.29 is 14.7 Å². The minimum atomic E-state index is -0.490. The molecule has 0 bridgehead atoms. The van der Waals surface area contributed by atoms with E-state index in [1.54, 1.807) is 12.1 Å². The largest absolute Gasteiger partial charge is 0.508 e. The summed E-state index contributed by atoms with van der Waals surface area (Å²) in [7, 11) is 0. The third-order valence-corrected chi connectivity index (χ3v) is 5.34. The number of nitrogens with one attached hydrogen (secondary N) is 1. The zero-order chi connectivity index (χ0) is 18.0. The normalized spacial score (nSPS) is 22.8. The van der Waals surface area contributed by atoms with Crippen LogP contribution in [-0.4, -0.2) is 40.0 Å². The van der Waals surface area contributed by atoms with Crippen LogP contribution in [0.15, 0.2) is 18.2 Å². The summed E-state index contributed by atoms with van der Waals surface area (Å²) >= 11 is 0. The van der Waals surface area contributed by atoms with Gasteiger partial charge in [0.1, 0.15) is 5.75 Å². The minimum absolute atomic E-state index is 0.0216. The maximum atomic E-state index is 13.2. The lowest BCUT2D eigenvalue weighted by Crippen LogP contribution is -2.46. The Labute approximate surface area is 148 Å². The Hall–Kier alpha value is -2.17. The second-order valence-corrected chi connectivity index (χ2v) is 7.19. The van der Waals surface area contributed by atoms with Gasteiger partial charge in [0.05, 0.1) is 5.92 Å². The fourth-order valence-electron chi connectivity index (χ4n) is 4.11. The standard InChI is InChI=1S/C20H26N2O3/c1-2-5-13(21)10-14-6-3-4-9-22(14)20(25)18-12-19(24)16-8-7-15(23)11-17(16)18/h7-8,11,14,18,21,23H,2-6,9-10,12H2,1H3. The Morgan fingerprint density at radius 3 is 2.92 bits per heavy atom. The molecule has 1 aliphatic carbocycles. The van der Waals surface area contributed by atoms with Crippen LogP contribution in [0.3, 0.4) is 0 Å². The van der Waals surface area contributed by atoms with Crippen molar-refractivity contribution in [3.8, 4) is 5.75 Å². The summed E-state index contributed by atoms with van der Waals surface area (Å²) in [6.07, 6.45) is 5.51. The Morgan fingerprint density at radius 2 is 2.16 bits per heavy atom. The van der Waals surface area contributed by atoms with Gasteiger partial charge in [-0.05, 0) is 49.4 Å². The van der Waals surface area contributed by atoms with Gasteiger partial charge in [-0.15, -0.1) is 0 Å². The predicted octanol–water partition coefficient (Wildman–Crippen LogP) is 3.65. The van der Waals surface area contributed by atoms with Gasteiger partial charge < -0.3 is 15.4 Å². The van der Waals surface area contributed by atoms with Crippen LogP contribution in [0, 0.1) is 5.41 Å². The number of hydrogen-bond acceptors (Lipinski definition) is 4. The lowest BCUT2D eigenvalue weighted by molar-refractivity contribution is -0.136. The molecule has 3 rings (SSSR count). The van der Waals surface area contributed by atoms with Gasteiger partial charge in [-0.1, -0.05) is 13.3 Å². The van der Waals surface area contributed by atoms with E-state index in [0.717, 1.165) is 32.1 Å². The molecule has 2 atom stereocenters. The van der Waals surface area contributed by atoms with Crippen LogP contribution in [0.5, 0.6) is 5.75 Å². The number of phenols is 1. The number of hydrogen-bond donors (Lipinski definition) is 2. The smallest absolute Gasteiger partial charge is 0.230 e. The number of benzene rings is 1. The van der Waals surface area contributed by atoms with Gasteiger partial charge in [-0.25, -0.2) is 0 Å². The van der Waals surface area contributed by atoms with E-state index < -0.39 is 5.92 Å². The molecule has 134 valence electrons. The zero-order valence-electron chi connectivity index (χ0n) is 14.8. The molecule has 25 heavy (non-hydrogen) atoms. The minimum Gasteiger partial charge on any atom is -0.508 e. The first-order chi connectivity index (χ1) is 12.0. The van der Waals surface area contributed by atoms with Crippen LogP contribution in [0.1, 0.15) is 73.7 Å². The van der Waals surface area contributed by atoms with Gasteiger partial charge in [0, 0.05) is 36.7 Å². The van der Waals surface area contributed by atoms with E-state index in [0.29, 0.717) is 29.8 Å². The summed E-state index contributed by atoms with van der Waals surface area (Å²) in [5.41, 5.74) is 1.92. The van der Waals surface area contributed by atoms with Gasteiger partial charge in [0.25, 0.3) is 0 Å². The highest BCUT2D eigenvalue weighted by molar-refractivity contribution is 6.07. The van der Waals surface area contributed by atoms with E-state index in [1.807, 2.05) is 4.90 Å². The molecule has 0 aromatic heterocycles. The van der Waals surface area contributed by atoms with Crippen LogP contribution in [0.4, 0.5) is 0 Å².